The molecule has 0 aliphatic heterocycles. The van der Waals surface area contributed by atoms with Crippen molar-refractivity contribution >= 4 is 0 Å². The SMILES string of the molecule is CC(C)c1cc(C(C)C)c(-c2ccccn2)c(C(C)C)c1. The van der Waals surface area contributed by atoms with Gasteiger partial charge in [0.1, 0.15) is 0 Å². The van der Waals surface area contributed by atoms with Crippen LogP contribution in [-0.4, -0.2) is 4.98 Å². The van der Waals surface area contributed by atoms with Crippen LogP contribution in [0.25, 0.3) is 11.3 Å². The Bertz CT molecular complexity index is 565. The Morgan fingerprint density at radius 2 is 1.33 bits per heavy atom. The molecule has 2 rings (SSSR count). The summed E-state index contributed by atoms with van der Waals surface area (Å²) in [5.41, 5.74) is 6.71. The molecule has 0 fully saturated rings. The van der Waals surface area contributed by atoms with Crippen LogP contribution in [0.3, 0.4) is 0 Å². The first kappa shape index (κ1) is 15.8. The third-order valence-corrected chi connectivity index (χ3v) is 4.05. The summed E-state index contributed by atoms with van der Waals surface area (Å²) in [6, 6.07) is 10.9. The van der Waals surface area contributed by atoms with E-state index in [-0.39, 0.29) is 0 Å². The van der Waals surface area contributed by atoms with E-state index in [2.05, 4.69) is 70.8 Å². The minimum absolute atomic E-state index is 0.498. The number of pyridine rings is 1. The summed E-state index contributed by atoms with van der Waals surface area (Å²) in [5, 5.41) is 0. The third kappa shape index (κ3) is 3.34. The predicted molar refractivity (Wildman–Crippen MR) is 91.9 cm³/mol. The van der Waals surface area contributed by atoms with Crippen LogP contribution in [0.5, 0.6) is 0 Å². The zero-order valence-electron chi connectivity index (χ0n) is 14.1. The van der Waals surface area contributed by atoms with E-state index in [1.807, 2.05) is 12.3 Å². The Kier molecular flexibility index (Phi) is 4.82. The van der Waals surface area contributed by atoms with Crippen LogP contribution in [0.2, 0.25) is 0 Å². The molecule has 0 bridgehead atoms. The Balaban J connectivity index is 2.77. The van der Waals surface area contributed by atoms with E-state index >= 15 is 0 Å². The molecule has 2 aromatic rings. The van der Waals surface area contributed by atoms with E-state index < -0.39 is 0 Å². The number of hydrogen-bond donors (Lipinski definition) is 0. The van der Waals surface area contributed by atoms with Crippen LogP contribution >= 0.6 is 0 Å². The summed E-state index contributed by atoms with van der Waals surface area (Å²) in [5.74, 6) is 1.55. The van der Waals surface area contributed by atoms with Gasteiger partial charge in [-0.05, 0) is 46.6 Å². The molecule has 0 atom stereocenters. The van der Waals surface area contributed by atoms with Crippen molar-refractivity contribution in [2.45, 2.75) is 59.3 Å². The van der Waals surface area contributed by atoms with Gasteiger partial charge in [-0.25, -0.2) is 0 Å². The molecule has 0 spiro atoms. The molecule has 1 nitrogen and oxygen atoms in total. The number of rotatable bonds is 4. The lowest BCUT2D eigenvalue weighted by Gasteiger charge is -2.22. The Morgan fingerprint density at radius 3 is 1.71 bits per heavy atom. The number of benzene rings is 1. The molecule has 0 aliphatic rings. The maximum atomic E-state index is 4.61. The van der Waals surface area contributed by atoms with Gasteiger partial charge in [0.25, 0.3) is 0 Å². The molecule has 21 heavy (non-hydrogen) atoms. The number of hydrogen-bond acceptors (Lipinski definition) is 1. The van der Waals surface area contributed by atoms with Gasteiger partial charge in [-0.1, -0.05) is 59.7 Å². The van der Waals surface area contributed by atoms with Gasteiger partial charge in [0, 0.05) is 11.8 Å². The fourth-order valence-electron chi connectivity index (χ4n) is 2.76. The summed E-state index contributed by atoms with van der Waals surface area (Å²) < 4.78 is 0. The first-order chi connectivity index (χ1) is 9.91. The van der Waals surface area contributed by atoms with Crippen molar-refractivity contribution in [2.75, 3.05) is 0 Å². The van der Waals surface area contributed by atoms with Crippen molar-refractivity contribution in [3.8, 4) is 11.3 Å². The lowest BCUT2D eigenvalue weighted by molar-refractivity contribution is 0.806. The van der Waals surface area contributed by atoms with Crippen molar-refractivity contribution in [1.29, 1.82) is 0 Å². The lowest BCUT2D eigenvalue weighted by atomic mass is 9.83. The molecule has 0 unspecified atom stereocenters. The topological polar surface area (TPSA) is 12.9 Å². The fraction of sp³-hybridized carbons (Fsp3) is 0.450. The maximum Gasteiger partial charge on any atom is 0.0707 e. The molecular weight excluding hydrogens is 254 g/mol. The average Bonchev–Trinajstić information content (AvgIpc) is 2.46. The highest BCUT2D eigenvalue weighted by Crippen LogP contribution is 2.37. The summed E-state index contributed by atoms with van der Waals surface area (Å²) in [6.07, 6.45) is 1.89. The molecule has 1 heteroatoms. The van der Waals surface area contributed by atoms with E-state index in [4.69, 9.17) is 0 Å². The third-order valence-electron chi connectivity index (χ3n) is 4.05. The molecule has 1 aromatic carbocycles. The fourth-order valence-corrected chi connectivity index (χ4v) is 2.76. The van der Waals surface area contributed by atoms with Crippen molar-refractivity contribution in [1.82, 2.24) is 4.98 Å². The highest BCUT2D eigenvalue weighted by Gasteiger charge is 2.18. The van der Waals surface area contributed by atoms with Crippen LogP contribution < -0.4 is 0 Å². The molecule has 0 aliphatic carbocycles. The van der Waals surface area contributed by atoms with E-state index in [0.717, 1.165) is 5.69 Å². The Labute approximate surface area is 129 Å². The van der Waals surface area contributed by atoms with Gasteiger partial charge in [-0.3, -0.25) is 4.98 Å². The number of aromatic nitrogens is 1. The highest BCUT2D eigenvalue weighted by molar-refractivity contribution is 5.70. The van der Waals surface area contributed by atoms with Crippen molar-refractivity contribution in [3.05, 3.63) is 53.2 Å². The van der Waals surface area contributed by atoms with Crippen LogP contribution in [0, 0.1) is 0 Å². The van der Waals surface area contributed by atoms with Crippen molar-refractivity contribution in [2.24, 2.45) is 0 Å². The van der Waals surface area contributed by atoms with Gasteiger partial charge >= 0.3 is 0 Å². The minimum atomic E-state index is 0.498. The van der Waals surface area contributed by atoms with Crippen LogP contribution in [0.4, 0.5) is 0 Å². The summed E-state index contributed by atoms with van der Waals surface area (Å²) >= 11 is 0. The van der Waals surface area contributed by atoms with E-state index in [9.17, 15) is 0 Å². The molecule has 0 saturated carbocycles. The first-order valence-corrected chi connectivity index (χ1v) is 8.01. The number of nitrogens with zero attached hydrogens (tertiary/aromatic N) is 1. The predicted octanol–water partition coefficient (Wildman–Crippen LogP) is 6.12. The molecular formula is C20H27N. The second-order valence-corrected chi connectivity index (χ2v) is 6.75. The van der Waals surface area contributed by atoms with Gasteiger partial charge in [-0.2, -0.15) is 0 Å². The van der Waals surface area contributed by atoms with Gasteiger partial charge in [0.2, 0.25) is 0 Å². The molecule has 0 radical (unpaired) electrons. The van der Waals surface area contributed by atoms with Gasteiger partial charge < -0.3 is 0 Å². The van der Waals surface area contributed by atoms with E-state index in [0.29, 0.717) is 17.8 Å². The smallest absolute Gasteiger partial charge is 0.0707 e. The van der Waals surface area contributed by atoms with Gasteiger partial charge in [0.15, 0.2) is 0 Å². The zero-order valence-corrected chi connectivity index (χ0v) is 14.1. The second kappa shape index (κ2) is 6.43. The van der Waals surface area contributed by atoms with E-state index in [1.54, 1.807) is 0 Å². The van der Waals surface area contributed by atoms with Crippen molar-refractivity contribution in [3.63, 3.8) is 0 Å². The molecule has 0 amide bonds. The van der Waals surface area contributed by atoms with Crippen LogP contribution in [0.15, 0.2) is 36.5 Å². The average molecular weight is 281 g/mol. The molecule has 112 valence electrons. The zero-order chi connectivity index (χ0) is 15.6. The summed E-state index contributed by atoms with van der Waals surface area (Å²) in [7, 11) is 0. The lowest BCUT2D eigenvalue weighted by Crippen LogP contribution is -2.04. The molecule has 0 N–H and O–H groups in total. The molecule has 0 saturated heterocycles. The minimum Gasteiger partial charge on any atom is -0.256 e. The van der Waals surface area contributed by atoms with Crippen molar-refractivity contribution < 1.29 is 0 Å². The second-order valence-electron chi connectivity index (χ2n) is 6.75. The Morgan fingerprint density at radius 1 is 0.762 bits per heavy atom. The van der Waals surface area contributed by atoms with Gasteiger partial charge in [-0.15, -0.1) is 0 Å². The van der Waals surface area contributed by atoms with Crippen LogP contribution in [0.1, 0.15) is 76.0 Å². The maximum absolute atomic E-state index is 4.61. The van der Waals surface area contributed by atoms with Crippen LogP contribution in [-0.2, 0) is 0 Å². The first-order valence-electron chi connectivity index (χ1n) is 8.01. The standard InChI is InChI=1S/C20H27N/c1-13(2)16-11-17(14(3)4)20(18(12-16)15(5)6)19-9-7-8-10-21-19/h7-15H,1-6H3. The Hall–Kier alpha value is -1.63. The highest BCUT2D eigenvalue weighted by atomic mass is 14.7. The quantitative estimate of drug-likeness (QED) is 0.658. The normalized spacial score (nSPS) is 11.7. The van der Waals surface area contributed by atoms with Gasteiger partial charge in [0.05, 0.1) is 5.69 Å². The summed E-state index contributed by atoms with van der Waals surface area (Å²) in [6.45, 7) is 13.6. The largest absolute Gasteiger partial charge is 0.256 e. The molecule has 1 heterocycles. The summed E-state index contributed by atoms with van der Waals surface area (Å²) in [4.78, 5) is 4.61. The molecule has 1 aromatic heterocycles. The van der Waals surface area contributed by atoms with E-state index in [1.165, 1.54) is 22.3 Å². The monoisotopic (exact) mass is 281 g/mol.